The van der Waals surface area contributed by atoms with Crippen LogP contribution in [0, 0.1) is 5.82 Å². The number of benzene rings is 1. The molecule has 3 rings (SSSR count). The van der Waals surface area contributed by atoms with Crippen LogP contribution in [0.4, 0.5) is 13.2 Å². The standard InChI is InChI=1S/C16H15F3N2O2/c17-12-6-9-5-10(15(22)21-11-3-1-2-4-11)8-20-13(9)7-14(12)23-16(18)19/h5-8,11,16H,1-4H2,(H,21,22). The van der Waals surface area contributed by atoms with E-state index in [9.17, 15) is 18.0 Å². The number of pyridine rings is 1. The highest BCUT2D eigenvalue weighted by Crippen LogP contribution is 2.26. The number of alkyl halides is 2. The molecule has 0 spiro atoms. The molecule has 122 valence electrons. The van der Waals surface area contributed by atoms with E-state index in [1.807, 2.05) is 0 Å². The Balaban J connectivity index is 1.85. The van der Waals surface area contributed by atoms with Crippen molar-refractivity contribution in [2.24, 2.45) is 0 Å². The third-order valence-corrected chi connectivity index (χ3v) is 3.90. The summed E-state index contributed by atoms with van der Waals surface area (Å²) < 4.78 is 42.2. The fourth-order valence-electron chi connectivity index (χ4n) is 2.78. The van der Waals surface area contributed by atoms with E-state index in [1.165, 1.54) is 12.3 Å². The van der Waals surface area contributed by atoms with Gasteiger partial charge in [-0.3, -0.25) is 9.78 Å². The van der Waals surface area contributed by atoms with Gasteiger partial charge in [-0.15, -0.1) is 0 Å². The molecule has 2 aromatic rings. The monoisotopic (exact) mass is 324 g/mol. The van der Waals surface area contributed by atoms with E-state index in [0.29, 0.717) is 10.9 Å². The van der Waals surface area contributed by atoms with Crippen molar-refractivity contribution in [1.29, 1.82) is 0 Å². The smallest absolute Gasteiger partial charge is 0.387 e. The third-order valence-electron chi connectivity index (χ3n) is 3.90. The average Bonchev–Trinajstić information content (AvgIpc) is 3.00. The number of aromatic nitrogens is 1. The molecular formula is C16H15F3N2O2. The van der Waals surface area contributed by atoms with Gasteiger partial charge in [-0.25, -0.2) is 4.39 Å². The van der Waals surface area contributed by atoms with E-state index in [0.717, 1.165) is 37.8 Å². The van der Waals surface area contributed by atoms with E-state index in [1.54, 1.807) is 0 Å². The van der Waals surface area contributed by atoms with Gasteiger partial charge in [0.1, 0.15) is 0 Å². The Morgan fingerprint density at radius 3 is 2.70 bits per heavy atom. The summed E-state index contributed by atoms with van der Waals surface area (Å²) in [5.74, 6) is -1.75. The quantitative estimate of drug-likeness (QED) is 0.934. The lowest BCUT2D eigenvalue weighted by molar-refractivity contribution is -0.0520. The van der Waals surface area contributed by atoms with Crippen molar-refractivity contribution < 1.29 is 22.7 Å². The second-order valence-electron chi connectivity index (χ2n) is 5.53. The van der Waals surface area contributed by atoms with Crippen molar-refractivity contribution in [2.75, 3.05) is 0 Å². The number of carbonyl (C=O) groups excluding carboxylic acids is 1. The first-order valence-electron chi connectivity index (χ1n) is 7.38. The molecule has 7 heteroatoms. The predicted molar refractivity (Wildman–Crippen MR) is 78.1 cm³/mol. The van der Waals surface area contributed by atoms with Crippen LogP contribution in [-0.4, -0.2) is 23.5 Å². The molecule has 1 N–H and O–H groups in total. The molecule has 23 heavy (non-hydrogen) atoms. The molecule has 1 aliphatic carbocycles. The largest absolute Gasteiger partial charge is 0.432 e. The number of hydrogen-bond acceptors (Lipinski definition) is 3. The van der Waals surface area contributed by atoms with Crippen molar-refractivity contribution in [2.45, 2.75) is 38.3 Å². The normalized spacial score (nSPS) is 15.3. The van der Waals surface area contributed by atoms with Gasteiger partial charge in [-0.1, -0.05) is 12.8 Å². The Labute approximate surface area is 130 Å². The van der Waals surface area contributed by atoms with Crippen LogP contribution >= 0.6 is 0 Å². The van der Waals surface area contributed by atoms with Crippen LogP contribution in [0.25, 0.3) is 10.9 Å². The molecule has 1 saturated carbocycles. The Kier molecular flexibility index (Phi) is 4.36. The Hall–Kier alpha value is -2.31. The Morgan fingerprint density at radius 1 is 1.26 bits per heavy atom. The second kappa shape index (κ2) is 6.44. The molecule has 1 aliphatic rings. The van der Waals surface area contributed by atoms with Crippen LogP contribution in [0.1, 0.15) is 36.0 Å². The van der Waals surface area contributed by atoms with E-state index < -0.39 is 18.2 Å². The summed E-state index contributed by atoms with van der Waals surface area (Å²) in [7, 11) is 0. The highest BCUT2D eigenvalue weighted by Gasteiger charge is 2.19. The zero-order chi connectivity index (χ0) is 16.4. The van der Waals surface area contributed by atoms with Crippen molar-refractivity contribution in [1.82, 2.24) is 10.3 Å². The van der Waals surface area contributed by atoms with Gasteiger partial charge in [0.2, 0.25) is 0 Å². The van der Waals surface area contributed by atoms with Crippen LogP contribution in [0.15, 0.2) is 24.4 Å². The molecule has 0 bridgehead atoms. The van der Waals surface area contributed by atoms with Crippen LogP contribution in [0.2, 0.25) is 0 Å². The third kappa shape index (κ3) is 3.55. The van der Waals surface area contributed by atoms with E-state index in [-0.39, 0.29) is 17.5 Å². The molecule has 1 aromatic carbocycles. The number of ether oxygens (including phenoxy) is 1. The lowest BCUT2D eigenvalue weighted by Crippen LogP contribution is -2.32. The van der Waals surface area contributed by atoms with Crippen LogP contribution in [0.3, 0.4) is 0 Å². The number of nitrogens with one attached hydrogen (secondary N) is 1. The minimum absolute atomic E-state index is 0.164. The topological polar surface area (TPSA) is 51.2 Å². The van der Waals surface area contributed by atoms with Crippen LogP contribution in [-0.2, 0) is 0 Å². The molecule has 1 fully saturated rings. The highest BCUT2D eigenvalue weighted by atomic mass is 19.3. The summed E-state index contributed by atoms with van der Waals surface area (Å²) in [4.78, 5) is 16.2. The molecule has 0 radical (unpaired) electrons. The number of hydrogen-bond donors (Lipinski definition) is 1. The Morgan fingerprint density at radius 2 is 2.00 bits per heavy atom. The number of amides is 1. The summed E-state index contributed by atoms with van der Waals surface area (Å²) in [5.41, 5.74) is 0.589. The van der Waals surface area contributed by atoms with Gasteiger partial charge in [-0.2, -0.15) is 8.78 Å². The highest BCUT2D eigenvalue weighted by molar-refractivity contribution is 5.97. The minimum Gasteiger partial charge on any atom is -0.432 e. The molecular weight excluding hydrogens is 309 g/mol. The van der Waals surface area contributed by atoms with Crippen molar-refractivity contribution in [3.63, 3.8) is 0 Å². The number of fused-ring (bicyclic) bond motifs is 1. The fourth-order valence-corrected chi connectivity index (χ4v) is 2.78. The lowest BCUT2D eigenvalue weighted by atomic mass is 10.1. The van der Waals surface area contributed by atoms with Crippen LogP contribution < -0.4 is 10.1 Å². The van der Waals surface area contributed by atoms with Crippen molar-refractivity contribution >= 4 is 16.8 Å². The summed E-state index contributed by atoms with van der Waals surface area (Å²) in [6.45, 7) is -3.11. The van der Waals surface area contributed by atoms with Gasteiger partial charge in [0.05, 0.1) is 11.1 Å². The number of halogens is 3. The maximum Gasteiger partial charge on any atom is 0.387 e. The average molecular weight is 324 g/mol. The molecule has 0 atom stereocenters. The fraction of sp³-hybridized carbons (Fsp3) is 0.375. The predicted octanol–water partition coefficient (Wildman–Crippen LogP) is 3.65. The maximum atomic E-state index is 13.8. The molecule has 1 aromatic heterocycles. The first kappa shape index (κ1) is 15.6. The zero-order valence-electron chi connectivity index (χ0n) is 12.2. The molecule has 0 aliphatic heterocycles. The van der Waals surface area contributed by atoms with E-state index >= 15 is 0 Å². The van der Waals surface area contributed by atoms with Crippen molar-refractivity contribution in [3.05, 3.63) is 35.8 Å². The van der Waals surface area contributed by atoms with Gasteiger partial charge in [0.15, 0.2) is 11.6 Å². The first-order chi connectivity index (χ1) is 11.0. The second-order valence-corrected chi connectivity index (χ2v) is 5.53. The SMILES string of the molecule is O=C(NC1CCCC1)c1cnc2cc(OC(F)F)c(F)cc2c1. The van der Waals surface area contributed by atoms with E-state index in [2.05, 4.69) is 15.0 Å². The van der Waals surface area contributed by atoms with Crippen molar-refractivity contribution in [3.8, 4) is 5.75 Å². The van der Waals surface area contributed by atoms with Crippen LogP contribution in [0.5, 0.6) is 5.75 Å². The van der Waals surface area contributed by atoms with Gasteiger partial charge in [0.25, 0.3) is 5.91 Å². The molecule has 0 unspecified atom stereocenters. The summed E-state index contributed by atoms with van der Waals surface area (Å²) in [6, 6.07) is 3.78. The zero-order valence-corrected chi connectivity index (χ0v) is 12.2. The minimum atomic E-state index is -3.11. The molecule has 0 saturated heterocycles. The van der Waals surface area contributed by atoms with Gasteiger partial charge in [-0.05, 0) is 25.0 Å². The van der Waals surface area contributed by atoms with Gasteiger partial charge >= 0.3 is 6.61 Å². The lowest BCUT2D eigenvalue weighted by Gasteiger charge is -2.12. The number of nitrogens with zero attached hydrogens (tertiary/aromatic N) is 1. The summed E-state index contributed by atoms with van der Waals surface area (Å²) in [6.07, 6.45) is 5.44. The molecule has 1 heterocycles. The number of rotatable bonds is 4. The Bertz CT molecular complexity index is 731. The van der Waals surface area contributed by atoms with Gasteiger partial charge < -0.3 is 10.1 Å². The number of carbonyl (C=O) groups is 1. The summed E-state index contributed by atoms with van der Waals surface area (Å²) in [5, 5.41) is 3.27. The summed E-state index contributed by atoms with van der Waals surface area (Å²) >= 11 is 0. The molecule has 4 nitrogen and oxygen atoms in total. The van der Waals surface area contributed by atoms with E-state index in [4.69, 9.17) is 0 Å². The maximum absolute atomic E-state index is 13.8. The molecule has 1 amide bonds. The van der Waals surface area contributed by atoms with Gasteiger partial charge in [0, 0.05) is 23.7 Å². The first-order valence-corrected chi connectivity index (χ1v) is 7.38.